The van der Waals surface area contributed by atoms with Gasteiger partial charge in [0.25, 0.3) is 0 Å². The van der Waals surface area contributed by atoms with Crippen molar-refractivity contribution in [3.05, 3.63) is 42.9 Å². The number of aromatic nitrogens is 3. The number of rotatable bonds is 4. The third-order valence-electron chi connectivity index (χ3n) is 4.84. The number of likely N-dealkylation sites (tertiary alicyclic amines) is 1. The van der Waals surface area contributed by atoms with Crippen molar-refractivity contribution in [3.8, 4) is 17.9 Å². The minimum atomic E-state index is -3.26. The standard InChI is InChI=1S/C19H19N5O3S/c1-28(25,26)16-2-3-17-14(10-16)4-9-24(17)18-11-19(22-13-21-18)27-15-5-7-23(12-20)8-6-15/h2-4,9-11,13,15H,5-8H2,1H3. The molecule has 3 aromatic rings. The minimum Gasteiger partial charge on any atom is -0.474 e. The van der Waals surface area contributed by atoms with Crippen LogP contribution in [0.3, 0.4) is 0 Å². The van der Waals surface area contributed by atoms with Crippen molar-refractivity contribution >= 4 is 20.7 Å². The Morgan fingerprint density at radius 2 is 1.96 bits per heavy atom. The molecular weight excluding hydrogens is 378 g/mol. The first-order chi connectivity index (χ1) is 13.4. The maximum atomic E-state index is 11.8. The summed E-state index contributed by atoms with van der Waals surface area (Å²) in [5.41, 5.74) is 0.847. The highest BCUT2D eigenvalue weighted by Crippen LogP contribution is 2.24. The van der Waals surface area contributed by atoms with Crippen LogP contribution >= 0.6 is 0 Å². The zero-order chi connectivity index (χ0) is 19.7. The van der Waals surface area contributed by atoms with Gasteiger partial charge in [-0.25, -0.2) is 18.4 Å². The fourth-order valence-electron chi connectivity index (χ4n) is 3.32. The average molecular weight is 397 g/mol. The van der Waals surface area contributed by atoms with Crippen LogP contribution in [0.15, 0.2) is 47.8 Å². The van der Waals surface area contributed by atoms with E-state index in [2.05, 4.69) is 16.2 Å². The van der Waals surface area contributed by atoms with Crippen LogP contribution in [0.4, 0.5) is 0 Å². The van der Waals surface area contributed by atoms with Gasteiger partial charge in [0.05, 0.1) is 10.4 Å². The van der Waals surface area contributed by atoms with Gasteiger partial charge in [0.15, 0.2) is 16.0 Å². The predicted molar refractivity (Wildman–Crippen MR) is 103 cm³/mol. The number of benzene rings is 1. The van der Waals surface area contributed by atoms with Crippen LogP contribution in [0, 0.1) is 11.5 Å². The Hall–Kier alpha value is -3.12. The molecule has 0 spiro atoms. The first-order valence-corrected chi connectivity index (χ1v) is 10.8. The van der Waals surface area contributed by atoms with Gasteiger partial charge in [-0.3, -0.25) is 0 Å². The van der Waals surface area contributed by atoms with Crippen molar-refractivity contribution in [1.29, 1.82) is 5.26 Å². The molecule has 1 aliphatic rings. The topological polar surface area (TPSA) is 101 Å². The zero-order valence-electron chi connectivity index (χ0n) is 15.3. The summed E-state index contributed by atoms with van der Waals surface area (Å²) in [7, 11) is -3.26. The SMILES string of the molecule is CS(=O)(=O)c1ccc2c(ccn2-c2cc(OC3CCN(C#N)CC3)ncn2)c1. The van der Waals surface area contributed by atoms with Gasteiger partial charge in [0.2, 0.25) is 5.88 Å². The Labute approximate surface area is 162 Å². The van der Waals surface area contributed by atoms with E-state index in [1.54, 1.807) is 29.2 Å². The van der Waals surface area contributed by atoms with Gasteiger partial charge in [-0.1, -0.05) is 0 Å². The Balaban J connectivity index is 1.59. The maximum absolute atomic E-state index is 11.8. The smallest absolute Gasteiger partial charge is 0.218 e. The highest BCUT2D eigenvalue weighted by atomic mass is 32.2. The lowest BCUT2D eigenvalue weighted by atomic mass is 10.1. The van der Waals surface area contributed by atoms with E-state index in [-0.39, 0.29) is 11.0 Å². The van der Waals surface area contributed by atoms with E-state index in [0.717, 1.165) is 23.7 Å². The van der Waals surface area contributed by atoms with Gasteiger partial charge in [-0.05, 0) is 24.3 Å². The molecule has 8 nitrogen and oxygen atoms in total. The average Bonchev–Trinajstić information content (AvgIpc) is 3.11. The molecule has 0 amide bonds. The van der Waals surface area contributed by atoms with Gasteiger partial charge >= 0.3 is 0 Å². The Kier molecular flexibility index (Phi) is 4.65. The molecule has 0 N–H and O–H groups in total. The number of fused-ring (bicyclic) bond motifs is 1. The molecule has 0 aliphatic carbocycles. The van der Waals surface area contributed by atoms with E-state index in [0.29, 0.717) is 24.8 Å². The molecule has 4 rings (SSSR count). The Bertz CT molecular complexity index is 1160. The lowest BCUT2D eigenvalue weighted by molar-refractivity contribution is 0.121. The van der Waals surface area contributed by atoms with E-state index in [1.807, 2.05) is 16.8 Å². The molecule has 2 aromatic heterocycles. The van der Waals surface area contributed by atoms with Crippen LogP contribution in [-0.4, -0.2) is 53.3 Å². The lowest BCUT2D eigenvalue weighted by Gasteiger charge is -2.28. The largest absolute Gasteiger partial charge is 0.474 e. The molecule has 1 aromatic carbocycles. The molecule has 1 aliphatic heterocycles. The number of nitrogens with zero attached hydrogens (tertiary/aromatic N) is 5. The van der Waals surface area contributed by atoms with Gasteiger partial charge in [0, 0.05) is 49.8 Å². The monoisotopic (exact) mass is 397 g/mol. The molecule has 0 bridgehead atoms. The molecule has 28 heavy (non-hydrogen) atoms. The van der Waals surface area contributed by atoms with Crippen molar-refractivity contribution in [1.82, 2.24) is 19.4 Å². The van der Waals surface area contributed by atoms with Crippen LogP contribution in [0.25, 0.3) is 16.7 Å². The van der Waals surface area contributed by atoms with E-state index < -0.39 is 9.84 Å². The number of hydrogen-bond donors (Lipinski definition) is 0. The second-order valence-electron chi connectivity index (χ2n) is 6.80. The van der Waals surface area contributed by atoms with E-state index in [1.165, 1.54) is 12.6 Å². The molecule has 0 unspecified atom stereocenters. The summed E-state index contributed by atoms with van der Waals surface area (Å²) in [6, 6.07) is 8.63. The van der Waals surface area contributed by atoms with Crippen LogP contribution in [-0.2, 0) is 9.84 Å². The summed E-state index contributed by atoms with van der Waals surface area (Å²) < 4.78 is 31.4. The number of ether oxygens (including phenoxy) is 1. The van der Waals surface area contributed by atoms with Crippen molar-refractivity contribution < 1.29 is 13.2 Å². The third kappa shape index (κ3) is 3.64. The summed E-state index contributed by atoms with van der Waals surface area (Å²) in [5, 5.41) is 9.75. The number of sulfone groups is 1. The lowest BCUT2D eigenvalue weighted by Crippen LogP contribution is -2.35. The van der Waals surface area contributed by atoms with Crippen LogP contribution in [0.5, 0.6) is 5.88 Å². The highest BCUT2D eigenvalue weighted by molar-refractivity contribution is 7.90. The highest BCUT2D eigenvalue weighted by Gasteiger charge is 2.20. The number of hydrogen-bond acceptors (Lipinski definition) is 7. The summed E-state index contributed by atoms with van der Waals surface area (Å²) in [5.74, 6) is 1.12. The predicted octanol–water partition coefficient (Wildman–Crippen LogP) is 2.15. The summed E-state index contributed by atoms with van der Waals surface area (Å²) in [4.78, 5) is 10.5. The first-order valence-electron chi connectivity index (χ1n) is 8.89. The third-order valence-corrected chi connectivity index (χ3v) is 5.95. The molecule has 3 heterocycles. The second-order valence-corrected chi connectivity index (χ2v) is 8.81. The molecular formula is C19H19N5O3S. The maximum Gasteiger partial charge on any atom is 0.218 e. The normalized spacial score (nSPS) is 15.5. The summed E-state index contributed by atoms with van der Waals surface area (Å²) in [6.45, 7) is 1.37. The van der Waals surface area contributed by atoms with Crippen molar-refractivity contribution in [2.24, 2.45) is 0 Å². The number of nitriles is 1. The molecule has 144 valence electrons. The van der Waals surface area contributed by atoms with Gasteiger partial charge in [-0.15, -0.1) is 0 Å². The van der Waals surface area contributed by atoms with Gasteiger partial charge in [-0.2, -0.15) is 5.26 Å². The van der Waals surface area contributed by atoms with Crippen molar-refractivity contribution in [2.45, 2.75) is 23.8 Å². The van der Waals surface area contributed by atoms with Crippen LogP contribution in [0.2, 0.25) is 0 Å². The molecule has 1 fully saturated rings. The van der Waals surface area contributed by atoms with E-state index in [4.69, 9.17) is 10.00 Å². The van der Waals surface area contributed by atoms with E-state index >= 15 is 0 Å². The minimum absolute atomic E-state index is 0.0195. The van der Waals surface area contributed by atoms with Crippen LogP contribution in [0.1, 0.15) is 12.8 Å². The van der Waals surface area contributed by atoms with Crippen molar-refractivity contribution in [2.75, 3.05) is 19.3 Å². The van der Waals surface area contributed by atoms with Crippen molar-refractivity contribution in [3.63, 3.8) is 0 Å². The van der Waals surface area contributed by atoms with Gasteiger partial charge in [0.1, 0.15) is 18.2 Å². The fraction of sp³-hybridized carbons (Fsp3) is 0.316. The first kappa shape index (κ1) is 18.3. The summed E-state index contributed by atoms with van der Waals surface area (Å²) >= 11 is 0. The molecule has 0 radical (unpaired) electrons. The molecule has 9 heteroatoms. The van der Waals surface area contributed by atoms with E-state index in [9.17, 15) is 8.42 Å². The Morgan fingerprint density at radius 1 is 1.18 bits per heavy atom. The molecule has 0 atom stereocenters. The molecule has 0 saturated carbocycles. The van der Waals surface area contributed by atoms with Crippen LogP contribution < -0.4 is 4.74 Å². The molecule has 1 saturated heterocycles. The van der Waals surface area contributed by atoms with Gasteiger partial charge < -0.3 is 14.2 Å². The fourth-order valence-corrected chi connectivity index (χ4v) is 3.98. The summed E-state index contributed by atoms with van der Waals surface area (Å²) in [6.07, 6.45) is 8.21. The zero-order valence-corrected chi connectivity index (χ0v) is 16.1. The quantitative estimate of drug-likeness (QED) is 0.622. The Morgan fingerprint density at radius 3 is 2.68 bits per heavy atom. The second kappa shape index (κ2) is 7.13. The number of piperidine rings is 1.